The predicted octanol–water partition coefficient (Wildman–Crippen LogP) is 5.22. The van der Waals surface area contributed by atoms with Crippen LogP contribution < -0.4 is 4.90 Å². The van der Waals surface area contributed by atoms with E-state index in [1.807, 2.05) is 41.3 Å². The number of hydrogen-bond acceptors (Lipinski definition) is 2. The van der Waals surface area contributed by atoms with Gasteiger partial charge in [0, 0.05) is 31.1 Å². The van der Waals surface area contributed by atoms with Crippen molar-refractivity contribution in [3.8, 4) is 0 Å². The van der Waals surface area contributed by atoms with Gasteiger partial charge in [-0.15, -0.1) is 0 Å². The number of benzene rings is 3. The molecule has 0 radical (unpaired) electrons. The summed E-state index contributed by atoms with van der Waals surface area (Å²) < 4.78 is 2.31. The lowest BCUT2D eigenvalue weighted by Gasteiger charge is -2.18. The van der Waals surface area contributed by atoms with Crippen LogP contribution in [0.3, 0.4) is 0 Å². The Hall–Kier alpha value is -3.40. The number of rotatable bonds is 4. The SMILES string of the molecule is Cc1ccc(C)c(Cn2c([C@H]3CC(=O)N(c4ccccc4)C3)nc3ccccc32)c1. The fourth-order valence-corrected chi connectivity index (χ4v) is 4.45. The largest absolute Gasteiger partial charge is 0.323 e. The summed E-state index contributed by atoms with van der Waals surface area (Å²) in [5.41, 5.74) is 6.90. The minimum absolute atomic E-state index is 0.0789. The molecule has 1 aromatic heterocycles. The summed E-state index contributed by atoms with van der Waals surface area (Å²) in [5.74, 6) is 1.25. The van der Waals surface area contributed by atoms with Gasteiger partial charge in [-0.2, -0.15) is 0 Å². The first-order valence-electron chi connectivity index (χ1n) is 10.5. The van der Waals surface area contributed by atoms with Gasteiger partial charge in [0.2, 0.25) is 5.91 Å². The molecular weight excluding hydrogens is 370 g/mol. The Balaban J connectivity index is 1.56. The van der Waals surface area contributed by atoms with Gasteiger partial charge in [0.1, 0.15) is 5.82 Å². The van der Waals surface area contributed by atoms with Gasteiger partial charge in [-0.25, -0.2) is 4.98 Å². The number of imidazole rings is 1. The van der Waals surface area contributed by atoms with Crippen LogP contribution in [-0.2, 0) is 11.3 Å². The molecular formula is C26H25N3O. The van der Waals surface area contributed by atoms with Gasteiger partial charge in [0.25, 0.3) is 0 Å². The maximum atomic E-state index is 12.8. The van der Waals surface area contributed by atoms with Gasteiger partial charge in [0.15, 0.2) is 0 Å². The molecule has 4 aromatic rings. The standard InChI is InChI=1S/C26H25N3O/c1-18-12-13-19(2)20(14-18)16-29-24-11-7-6-10-23(24)27-26(29)21-15-25(30)28(17-21)22-8-4-3-5-9-22/h3-14,21H,15-17H2,1-2H3/t21-/m0/s1. The number of amides is 1. The molecule has 0 bridgehead atoms. The molecule has 1 aliphatic heterocycles. The van der Waals surface area contributed by atoms with E-state index in [2.05, 4.69) is 54.8 Å². The summed E-state index contributed by atoms with van der Waals surface area (Å²) in [5, 5.41) is 0. The molecule has 1 saturated heterocycles. The smallest absolute Gasteiger partial charge is 0.227 e. The van der Waals surface area contributed by atoms with E-state index in [9.17, 15) is 4.79 Å². The Bertz CT molecular complexity index is 1230. The number of anilines is 1. The van der Waals surface area contributed by atoms with E-state index < -0.39 is 0 Å². The highest BCUT2D eigenvalue weighted by molar-refractivity contribution is 5.96. The van der Waals surface area contributed by atoms with Crippen LogP contribution in [0.1, 0.15) is 34.9 Å². The van der Waals surface area contributed by atoms with Gasteiger partial charge in [0.05, 0.1) is 11.0 Å². The van der Waals surface area contributed by atoms with E-state index in [4.69, 9.17) is 4.98 Å². The summed E-state index contributed by atoms with van der Waals surface area (Å²) in [6.07, 6.45) is 0.491. The lowest BCUT2D eigenvalue weighted by molar-refractivity contribution is -0.117. The van der Waals surface area contributed by atoms with Crippen LogP contribution in [0, 0.1) is 13.8 Å². The van der Waals surface area contributed by atoms with E-state index in [1.165, 1.54) is 16.7 Å². The monoisotopic (exact) mass is 395 g/mol. The van der Waals surface area contributed by atoms with E-state index in [0.717, 1.165) is 29.1 Å². The van der Waals surface area contributed by atoms with Gasteiger partial charge in [-0.3, -0.25) is 4.79 Å². The first-order chi connectivity index (χ1) is 14.6. The zero-order valence-electron chi connectivity index (χ0n) is 17.4. The fraction of sp³-hybridized carbons (Fsp3) is 0.231. The van der Waals surface area contributed by atoms with Crippen LogP contribution in [0.15, 0.2) is 72.8 Å². The molecule has 0 unspecified atom stereocenters. The third-order valence-electron chi connectivity index (χ3n) is 6.08. The Kier molecular flexibility index (Phi) is 4.62. The first kappa shape index (κ1) is 18.6. The number of aryl methyl sites for hydroxylation is 2. The normalized spacial score (nSPS) is 16.5. The van der Waals surface area contributed by atoms with E-state index >= 15 is 0 Å². The molecule has 2 heterocycles. The van der Waals surface area contributed by atoms with Crippen LogP contribution in [-0.4, -0.2) is 22.0 Å². The molecule has 0 spiro atoms. The fourth-order valence-electron chi connectivity index (χ4n) is 4.45. The highest BCUT2D eigenvalue weighted by Gasteiger charge is 2.34. The van der Waals surface area contributed by atoms with Crippen LogP contribution in [0.2, 0.25) is 0 Å². The average molecular weight is 396 g/mol. The lowest BCUT2D eigenvalue weighted by Crippen LogP contribution is -2.24. The quantitative estimate of drug-likeness (QED) is 0.475. The van der Waals surface area contributed by atoms with Gasteiger partial charge in [-0.05, 0) is 49.2 Å². The highest BCUT2D eigenvalue weighted by atomic mass is 16.2. The number of para-hydroxylation sites is 3. The lowest BCUT2D eigenvalue weighted by atomic mass is 10.0. The first-order valence-corrected chi connectivity index (χ1v) is 10.5. The second-order valence-corrected chi connectivity index (χ2v) is 8.22. The van der Waals surface area contributed by atoms with Crippen LogP contribution in [0.25, 0.3) is 11.0 Å². The Labute approximate surface area is 176 Å². The Morgan fingerprint density at radius 2 is 1.73 bits per heavy atom. The summed E-state index contributed by atoms with van der Waals surface area (Å²) >= 11 is 0. The molecule has 0 saturated carbocycles. The maximum Gasteiger partial charge on any atom is 0.227 e. The molecule has 1 fully saturated rings. The second kappa shape index (κ2) is 7.45. The number of nitrogens with zero attached hydrogens (tertiary/aromatic N) is 3. The van der Waals surface area contributed by atoms with Crippen molar-refractivity contribution in [2.24, 2.45) is 0 Å². The number of aromatic nitrogens is 2. The summed E-state index contributed by atoms with van der Waals surface area (Å²) in [6, 6.07) is 24.8. The van der Waals surface area contributed by atoms with E-state index in [-0.39, 0.29) is 11.8 Å². The second-order valence-electron chi connectivity index (χ2n) is 8.22. The summed E-state index contributed by atoms with van der Waals surface area (Å²) in [7, 11) is 0. The maximum absolute atomic E-state index is 12.8. The van der Waals surface area contributed by atoms with Gasteiger partial charge >= 0.3 is 0 Å². The van der Waals surface area contributed by atoms with E-state index in [1.54, 1.807) is 0 Å². The Morgan fingerprint density at radius 1 is 0.967 bits per heavy atom. The van der Waals surface area contributed by atoms with Crippen LogP contribution in [0.4, 0.5) is 5.69 Å². The molecule has 4 heteroatoms. The molecule has 0 aliphatic carbocycles. The molecule has 1 aliphatic rings. The molecule has 3 aromatic carbocycles. The summed E-state index contributed by atoms with van der Waals surface area (Å²) in [6.45, 7) is 5.71. The van der Waals surface area contributed by atoms with Crippen molar-refractivity contribution in [2.45, 2.75) is 32.7 Å². The van der Waals surface area contributed by atoms with Crippen molar-refractivity contribution in [2.75, 3.05) is 11.4 Å². The third kappa shape index (κ3) is 3.28. The molecule has 30 heavy (non-hydrogen) atoms. The van der Waals surface area contributed by atoms with Crippen LogP contribution in [0.5, 0.6) is 0 Å². The zero-order chi connectivity index (χ0) is 20.7. The molecule has 1 atom stereocenters. The average Bonchev–Trinajstić information content (AvgIpc) is 3.32. The minimum atomic E-state index is 0.0789. The van der Waals surface area contributed by atoms with E-state index in [0.29, 0.717) is 13.0 Å². The molecule has 5 rings (SSSR count). The number of carbonyl (C=O) groups excluding carboxylic acids is 1. The van der Waals surface area contributed by atoms with Crippen LogP contribution >= 0.6 is 0 Å². The van der Waals surface area contributed by atoms with Crippen molar-refractivity contribution in [3.63, 3.8) is 0 Å². The van der Waals surface area contributed by atoms with Gasteiger partial charge in [-0.1, -0.05) is 54.1 Å². The number of fused-ring (bicyclic) bond motifs is 1. The van der Waals surface area contributed by atoms with Crippen molar-refractivity contribution in [1.82, 2.24) is 9.55 Å². The number of hydrogen-bond donors (Lipinski definition) is 0. The van der Waals surface area contributed by atoms with Gasteiger partial charge < -0.3 is 9.47 Å². The van der Waals surface area contributed by atoms with Crippen molar-refractivity contribution in [3.05, 3.63) is 95.3 Å². The third-order valence-corrected chi connectivity index (χ3v) is 6.08. The molecule has 1 amide bonds. The molecule has 4 nitrogen and oxygen atoms in total. The van der Waals surface area contributed by atoms with Crippen molar-refractivity contribution in [1.29, 1.82) is 0 Å². The molecule has 150 valence electrons. The highest BCUT2D eigenvalue weighted by Crippen LogP contribution is 2.33. The van der Waals surface area contributed by atoms with Crippen molar-refractivity contribution < 1.29 is 4.79 Å². The predicted molar refractivity (Wildman–Crippen MR) is 121 cm³/mol. The van der Waals surface area contributed by atoms with Crippen molar-refractivity contribution >= 4 is 22.6 Å². The molecule has 0 N–H and O–H groups in total. The zero-order valence-corrected chi connectivity index (χ0v) is 17.4. The Morgan fingerprint density at radius 3 is 2.57 bits per heavy atom. The minimum Gasteiger partial charge on any atom is -0.323 e. The topological polar surface area (TPSA) is 38.1 Å². The summed E-state index contributed by atoms with van der Waals surface area (Å²) in [4.78, 5) is 19.7. The number of carbonyl (C=O) groups is 1.